The standard InChI is InChI=1S/C21H28FN5O/c22-17-11-6-7-12-18(17)27(21(28)23-16-9-3-1-4-10-16)15-20-25-24-19-13-5-2-8-14-26(19)20/h6-7,11-12,16H,1-5,8-10,13-15H2,(H,23,28). The summed E-state index contributed by atoms with van der Waals surface area (Å²) in [5.41, 5.74) is 0.279. The molecular formula is C21H28FN5O. The van der Waals surface area contributed by atoms with E-state index in [1.807, 2.05) is 0 Å². The highest BCUT2D eigenvalue weighted by Crippen LogP contribution is 2.24. The van der Waals surface area contributed by atoms with E-state index in [-0.39, 0.29) is 24.3 Å². The molecule has 28 heavy (non-hydrogen) atoms. The first kappa shape index (κ1) is 18.9. The summed E-state index contributed by atoms with van der Waals surface area (Å²) >= 11 is 0. The number of fused-ring (bicyclic) bond motifs is 1. The van der Waals surface area contributed by atoms with Gasteiger partial charge in [-0.05, 0) is 37.8 Å². The zero-order valence-corrected chi connectivity index (χ0v) is 16.2. The van der Waals surface area contributed by atoms with Crippen LogP contribution in [0.4, 0.5) is 14.9 Å². The number of carbonyl (C=O) groups excluding carboxylic acids is 1. The van der Waals surface area contributed by atoms with Crippen molar-refractivity contribution in [3.63, 3.8) is 0 Å². The smallest absolute Gasteiger partial charge is 0.322 e. The maximum absolute atomic E-state index is 14.5. The molecule has 150 valence electrons. The summed E-state index contributed by atoms with van der Waals surface area (Å²) < 4.78 is 16.7. The minimum Gasteiger partial charge on any atom is -0.335 e. The summed E-state index contributed by atoms with van der Waals surface area (Å²) in [6, 6.07) is 6.33. The average Bonchev–Trinajstić information content (AvgIpc) is 2.93. The molecule has 2 heterocycles. The lowest BCUT2D eigenvalue weighted by Gasteiger charge is -2.28. The summed E-state index contributed by atoms with van der Waals surface area (Å²) in [6.45, 7) is 1.07. The number of hydrogen-bond acceptors (Lipinski definition) is 3. The average molecular weight is 385 g/mol. The van der Waals surface area contributed by atoms with E-state index in [0.717, 1.165) is 63.1 Å². The van der Waals surface area contributed by atoms with Crippen LogP contribution in [0.25, 0.3) is 0 Å². The Morgan fingerprint density at radius 2 is 1.89 bits per heavy atom. The summed E-state index contributed by atoms with van der Waals surface area (Å²) in [6.07, 6.45) is 9.70. The van der Waals surface area contributed by atoms with Crippen molar-refractivity contribution in [3.05, 3.63) is 41.7 Å². The topological polar surface area (TPSA) is 63.1 Å². The van der Waals surface area contributed by atoms with Gasteiger partial charge in [-0.1, -0.05) is 37.8 Å². The van der Waals surface area contributed by atoms with Gasteiger partial charge in [0, 0.05) is 19.0 Å². The third kappa shape index (κ3) is 4.18. The number of rotatable bonds is 4. The van der Waals surface area contributed by atoms with Gasteiger partial charge in [0.2, 0.25) is 0 Å². The Balaban J connectivity index is 1.59. The maximum Gasteiger partial charge on any atom is 0.322 e. The molecule has 0 saturated heterocycles. The number of anilines is 1. The monoisotopic (exact) mass is 385 g/mol. The molecule has 2 amide bonds. The summed E-state index contributed by atoms with van der Waals surface area (Å²) in [4.78, 5) is 14.6. The highest BCUT2D eigenvalue weighted by Gasteiger charge is 2.26. The van der Waals surface area contributed by atoms with Crippen LogP contribution in [0.1, 0.15) is 63.0 Å². The van der Waals surface area contributed by atoms with Crippen LogP contribution in [-0.4, -0.2) is 26.8 Å². The number of halogens is 1. The Bertz CT molecular complexity index is 815. The summed E-state index contributed by atoms with van der Waals surface area (Å²) in [5.74, 6) is 1.28. The van der Waals surface area contributed by atoms with Gasteiger partial charge in [-0.25, -0.2) is 9.18 Å². The van der Waals surface area contributed by atoms with Crippen LogP contribution in [0.15, 0.2) is 24.3 Å². The number of para-hydroxylation sites is 1. The normalized spacial score (nSPS) is 17.6. The number of urea groups is 1. The van der Waals surface area contributed by atoms with Gasteiger partial charge in [-0.3, -0.25) is 4.90 Å². The molecule has 1 aliphatic heterocycles. The van der Waals surface area contributed by atoms with E-state index in [1.54, 1.807) is 18.2 Å². The molecule has 0 bridgehead atoms. The van der Waals surface area contributed by atoms with Crippen molar-refractivity contribution in [2.75, 3.05) is 4.90 Å². The first-order valence-corrected chi connectivity index (χ1v) is 10.5. The van der Waals surface area contributed by atoms with Gasteiger partial charge in [0.25, 0.3) is 0 Å². The molecule has 0 spiro atoms. The van der Waals surface area contributed by atoms with Crippen LogP contribution in [0.5, 0.6) is 0 Å². The molecule has 1 N–H and O–H groups in total. The zero-order chi connectivity index (χ0) is 19.3. The molecule has 1 aromatic carbocycles. The Morgan fingerprint density at radius 1 is 1.11 bits per heavy atom. The van der Waals surface area contributed by atoms with Gasteiger partial charge in [-0.15, -0.1) is 10.2 Å². The second-order valence-corrected chi connectivity index (χ2v) is 7.82. The van der Waals surface area contributed by atoms with Crippen molar-refractivity contribution in [2.45, 2.75) is 76.9 Å². The van der Waals surface area contributed by atoms with E-state index in [1.165, 1.54) is 23.8 Å². The second-order valence-electron chi connectivity index (χ2n) is 7.82. The van der Waals surface area contributed by atoms with Gasteiger partial charge in [0.1, 0.15) is 11.6 Å². The summed E-state index contributed by atoms with van der Waals surface area (Å²) in [7, 11) is 0. The van der Waals surface area contributed by atoms with Crippen LogP contribution in [-0.2, 0) is 19.5 Å². The number of nitrogens with zero attached hydrogens (tertiary/aromatic N) is 4. The van der Waals surface area contributed by atoms with Crippen LogP contribution < -0.4 is 10.2 Å². The molecule has 1 fully saturated rings. The first-order chi connectivity index (χ1) is 13.7. The number of nitrogens with one attached hydrogen (secondary N) is 1. The Hall–Kier alpha value is -2.44. The second kappa shape index (κ2) is 8.71. The minimum absolute atomic E-state index is 0.158. The van der Waals surface area contributed by atoms with E-state index in [9.17, 15) is 9.18 Å². The molecule has 2 aliphatic rings. The van der Waals surface area contributed by atoms with Crippen molar-refractivity contribution in [2.24, 2.45) is 0 Å². The largest absolute Gasteiger partial charge is 0.335 e. The quantitative estimate of drug-likeness (QED) is 0.858. The predicted molar refractivity (Wildman–Crippen MR) is 106 cm³/mol. The molecule has 0 radical (unpaired) electrons. The Labute approximate surface area is 165 Å². The highest BCUT2D eigenvalue weighted by atomic mass is 19.1. The molecule has 0 atom stereocenters. The lowest BCUT2D eigenvalue weighted by atomic mass is 9.96. The summed E-state index contributed by atoms with van der Waals surface area (Å²) in [5, 5.41) is 11.8. The molecular weight excluding hydrogens is 357 g/mol. The van der Waals surface area contributed by atoms with Crippen molar-refractivity contribution < 1.29 is 9.18 Å². The number of carbonyl (C=O) groups is 1. The lowest BCUT2D eigenvalue weighted by Crippen LogP contribution is -2.46. The van der Waals surface area contributed by atoms with E-state index < -0.39 is 5.82 Å². The predicted octanol–water partition coefficient (Wildman–Crippen LogP) is 4.19. The van der Waals surface area contributed by atoms with Gasteiger partial charge < -0.3 is 9.88 Å². The van der Waals surface area contributed by atoms with E-state index in [0.29, 0.717) is 0 Å². The maximum atomic E-state index is 14.5. The Morgan fingerprint density at radius 3 is 2.71 bits per heavy atom. The van der Waals surface area contributed by atoms with Gasteiger partial charge in [0.15, 0.2) is 5.82 Å². The van der Waals surface area contributed by atoms with Crippen LogP contribution >= 0.6 is 0 Å². The van der Waals surface area contributed by atoms with Crippen molar-refractivity contribution in [1.82, 2.24) is 20.1 Å². The first-order valence-electron chi connectivity index (χ1n) is 10.5. The van der Waals surface area contributed by atoms with E-state index in [4.69, 9.17) is 0 Å². The molecule has 1 aromatic heterocycles. The van der Waals surface area contributed by atoms with Crippen LogP contribution in [0.2, 0.25) is 0 Å². The number of aryl methyl sites for hydroxylation is 1. The van der Waals surface area contributed by atoms with Gasteiger partial charge in [-0.2, -0.15) is 0 Å². The van der Waals surface area contributed by atoms with Gasteiger partial charge in [0.05, 0.1) is 12.2 Å². The minimum atomic E-state index is -0.406. The number of amides is 2. The van der Waals surface area contributed by atoms with Crippen molar-refractivity contribution in [1.29, 1.82) is 0 Å². The fraction of sp³-hybridized carbons (Fsp3) is 0.571. The number of aromatic nitrogens is 3. The molecule has 7 heteroatoms. The molecule has 4 rings (SSSR count). The van der Waals surface area contributed by atoms with Gasteiger partial charge >= 0.3 is 6.03 Å². The van der Waals surface area contributed by atoms with Crippen LogP contribution in [0, 0.1) is 5.82 Å². The Kier molecular flexibility index (Phi) is 5.88. The third-order valence-corrected chi connectivity index (χ3v) is 5.81. The molecule has 2 aromatic rings. The van der Waals surface area contributed by atoms with Crippen LogP contribution in [0.3, 0.4) is 0 Å². The molecule has 0 unspecified atom stereocenters. The number of hydrogen-bond donors (Lipinski definition) is 1. The lowest BCUT2D eigenvalue weighted by molar-refractivity contribution is 0.237. The van der Waals surface area contributed by atoms with Crippen molar-refractivity contribution >= 4 is 11.7 Å². The van der Waals surface area contributed by atoms with E-state index >= 15 is 0 Å². The highest BCUT2D eigenvalue weighted by molar-refractivity contribution is 5.92. The molecule has 6 nitrogen and oxygen atoms in total. The third-order valence-electron chi connectivity index (χ3n) is 5.81. The SMILES string of the molecule is O=C(NC1CCCCC1)N(Cc1nnc2n1CCCCC2)c1ccccc1F. The van der Waals surface area contributed by atoms with Crippen molar-refractivity contribution in [3.8, 4) is 0 Å². The fourth-order valence-electron chi connectivity index (χ4n) is 4.24. The molecule has 1 saturated carbocycles. The zero-order valence-electron chi connectivity index (χ0n) is 16.2. The molecule has 1 aliphatic carbocycles. The van der Waals surface area contributed by atoms with E-state index in [2.05, 4.69) is 20.1 Å². The number of benzene rings is 1. The fourth-order valence-corrected chi connectivity index (χ4v) is 4.24.